The van der Waals surface area contributed by atoms with E-state index in [-0.39, 0.29) is 23.8 Å². The second kappa shape index (κ2) is 9.52. The normalized spacial score (nSPS) is 10.9. The molecule has 0 saturated carbocycles. The van der Waals surface area contributed by atoms with E-state index in [1.165, 1.54) is 36.7 Å². The Labute approximate surface area is 187 Å². The second-order valence-corrected chi connectivity index (χ2v) is 6.91. The number of hydrogen-bond donors (Lipinski definition) is 1. The van der Waals surface area contributed by atoms with Crippen LogP contribution in [0.1, 0.15) is 11.1 Å². The minimum Gasteiger partial charge on any atom is -0.488 e. The van der Waals surface area contributed by atoms with Gasteiger partial charge in [-0.1, -0.05) is 30.3 Å². The maximum atomic E-state index is 11.2. The lowest BCUT2D eigenvalue weighted by molar-refractivity contribution is -0.384. The summed E-state index contributed by atoms with van der Waals surface area (Å²) < 4.78 is 5.98. The third kappa shape index (κ3) is 4.90. The van der Waals surface area contributed by atoms with E-state index in [2.05, 4.69) is 15.5 Å². The van der Waals surface area contributed by atoms with Crippen molar-refractivity contribution in [2.75, 3.05) is 5.43 Å². The van der Waals surface area contributed by atoms with E-state index < -0.39 is 9.85 Å². The number of nitro groups is 2. The number of fused-ring (bicyclic) bond motifs is 1. The maximum absolute atomic E-state index is 11.2. The topological polar surface area (TPSA) is 133 Å². The van der Waals surface area contributed by atoms with Gasteiger partial charge in [-0.2, -0.15) is 5.10 Å². The Bertz CT molecular complexity index is 1360. The first kappa shape index (κ1) is 21.4. The van der Waals surface area contributed by atoms with Gasteiger partial charge in [-0.15, -0.1) is 0 Å². The zero-order valence-corrected chi connectivity index (χ0v) is 17.1. The summed E-state index contributed by atoms with van der Waals surface area (Å²) in [4.78, 5) is 25.0. The summed E-state index contributed by atoms with van der Waals surface area (Å²) in [5, 5.41) is 28.0. The lowest BCUT2D eigenvalue weighted by Crippen LogP contribution is -2.02. The molecule has 1 aromatic heterocycles. The highest BCUT2D eigenvalue weighted by atomic mass is 16.6. The highest BCUT2D eigenvalue weighted by Crippen LogP contribution is 2.28. The Morgan fingerprint density at radius 2 is 1.73 bits per heavy atom. The number of nitrogens with one attached hydrogen (secondary N) is 1. The molecule has 0 aliphatic rings. The molecular formula is C23H17N5O5. The van der Waals surface area contributed by atoms with Crippen molar-refractivity contribution in [1.82, 2.24) is 4.98 Å². The van der Waals surface area contributed by atoms with E-state index in [0.29, 0.717) is 11.3 Å². The summed E-state index contributed by atoms with van der Waals surface area (Å²) in [6, 6.07) is 20.3. The van der Waals surface area contributed by atoms with E-state index >= 15 is 0 Å². The molecule has 0 amide bonds. The fourth-order valence-corrected chi connectivity index (χ4v) is 3.20. The van der Waals surface area contributed by atoms with Crippen molar-refractivity contribution in [3.8, 4) is 5.75 Å². The molecule has 0 bridgehead atoms. The number of nitro benzene ring substituents is 1. The summed E-state index contributed by atoms with van der Waals surface area (Å²) in [5.41, 5.74) is 3.87. The molecule has 4 rings (SSSR count). The molecule has 4 aromatic rings. The number of pyridine rings is 1. The standard InChI is InChI=1S/C23H17N5O5/c29-27(30)18-10-7-16(8-11-18)15-33-22-12-9-17-4-1-2-5-19(17)20(22)14-25-26-23-21(28(31)32)6-3-13-24-23/h1-14H,15H2,(H,24,26)/b25-14-. The fourth-order valence-electron chi connectivity index (χ4n) is 3.20. The van der Waals surface area contributed by atoms with Crippen LogP contribution in [0.5, 0.6) is 5.75 Å². The molecule has 0 unspecified atom stereocenters. The van der Waals surface area contributed by atoms with Crippen LogP contribution in [-0.4, -0.2) is 21.0 Å². The van der Waals surface area contributed by atoms with Crippen LogP contribution in [0.15, 0.2) is 84.1 Å². The number of rotatable bonds is 8. The van der Waals surface area contributed by atoms with Gasteiger partial charge in [-0.3, -0.25) is 25.7 Å². The molecular weight excluding hydrogens is 426 g/mol. The number of hydrogen-bond acceptors (Lipinski definition) is 8. The van der Waals surface area contributed by atoms with Gasteiger partial charge in [0.15, 0.2) is 0 Å². The molecule has 0 radical (unpaired) electrons. The average molecular weight is 443 g/mol. The molecule has 0 fully saturated rings. The number of hydrazone groups is 1. The second-order valence-electron chi connectivity index (χ2n) is 6.91. The molecule has 0 saturated heterocycles. The Kier molecular flexibility index (Phi) is 6.17. The number of nitrogens with zero attached hydrogens (tertiary/aromatic N) is 4. The van der Waals surface area contributed by atoms with Gasteiger partial charge in [-0.05, 0) is 40.6 Å². The molecule has 0 atom stereocenters. The predicted octanol–water partition coefficient (Wildman–Crippen LogP) is 5.08. The smallest absolute Gasteiger partial charge is 0.313 e. The van der Waals surface area contributed by atoms with Crippen LogP contribution in [-0.2, 0) is 6.61 Å². The molecule has 10 nitrogen and oxygen atoms in total. The van der Waals surface area contributed by atoms with E-state index in [9.17, 15) is 20.2 Å². The van der Waals surface area contributed by atoms with E-state index in [0.717, 1.165) is 16.3 Å². The first-order chi connectivity index (χ1) is 16.0. The summed E-state index contributed by atoms with van der Waals surface area (Å²) in [5.74, 6) is 0.556. The minimum atomic E-state index is -0.540. The fraction of sp³-hybridized carbons (Fsp3) is 0.0435. The largest absolute Gasteiger partial charge is 0.488 e. The maximum Gasteiger partial charge on any atom is 0.313 e. The SMILES string of the molecule is O=[N+]([O-])c1ccc(COc2ccc3ccccc3c2/C=N\Nc2ncccc2[N+](=O)[O-])cc1. The summed E-state index contributed by atoms with van der Waals surface area (Å²) in [7, 11) is 0. The van der Waals surface area contributed by atoms with Crippen LogP contribution in [0.2, 0.25) is 0 Å². The van der Waals surface area contributed by atoms with Gasteiger partial charge < -0.3 is 4.74 Å². The van der Waals surface area contributed by atoms with Crippen molar-refractivity contribution >= 4 is 34.2 Å². The summed E-state index contributed by atoms with van der Waals surface area (Å²) >= 11 is 0. The molecule has 0 aliphatic carbocycles. The van der Waals surface area contributed by atoms with Crippen LogP contribution in [0.3, 0.4) is 0 Å². The Morgan fingerprint density at radius 1 is 0.939 bits per heavy atom. The highest BCUT2D eigenvalue weighted by Gasteiger charge is 2.13. The van der Waals surface area contributed by atoms with Crippen LogP contribution < -0.4 is 10.2 Å². The van der Waals surface area contributed by atoms with Gasteiger partial charge in [-0.25, -0.2) is 4.98 Å². The van der Waals surface area contributed by atoms with Gasteiger partial charge in [0.05, 0.1) is 16.1 Å². The molecule has 1 N–H and O–H groups in total. The number of ether oxygens (including phenoxy) is 1. The Morgan fingerprint density at radius 3 is 2.48 bits per heavy atom. The van der Waals surface area contributed by atoms with E-state index in [1.807, 2.05) is 30.3 Å². The van der Waals surface area contributed by atoms with Crippen molar-refractivity contribution in [3.05, 3.63) is 110 Å². The lowest BCUT2D eigenvalue weighted by atomic mass is 10.0. The van der Waals surface area contributed by atoms with Crippen molar-refractivity contribution in [3.63, 3.8) is 0 Å². The third-order valence-corrected chi connectivity index (χ3v) is 4.82. The van der Waals surface area contributed by atoms with Crippen LogP contribution >= 0.6 is 0 Å². The monoisotopic (exact) mass is 443 g/mol. The molecule has 3 aromatic carbocycles. The van der Waals surface area contributed by atoms with Gasteiger partial charge in [0.2, 0.25) is 5.82 Å². The van der Waals surface area contributed by atoms with Crippen molar-refractivity contribution in [2.45, 2.75) is 6.61 Å². The van der Waals surface area contributed by atoms with Gasteiger partial charge >= 0.3 is 5.69 Å². The minimum absolute atomic E-state index is 0.00645. The van der Waals surface area contributed by atoms with Crippen molar-refractivity contribution in [1.29, 1.82) is 0 Å². The van der Waals surface area contributed by atoms with Gasteiger partial charge in [0.1, 0.15) is 12.4 Å². The zero-order valence-electron chi connectivity index (χ0n) is 17.1. The van der Waals surface area contributed by atoms with Crippen LogP contribution in [0.25, 0.3) is 10.8 Å². The quantitative estimate of drug-likeness (QED) is 0.228. The Balaban J connectivity index is 1.61. The van der Waals surface area contributed by atoms with E-state index in [1.54, 1.807) is 18.2 Å². The van der Waals surface area contributed by atoms with Crippen LogP contribution in [0.4, 0.5) is 17.2 Å². The molecule has 33 heavy (non-hydrogen) atoms. The van der Waals surface area contributed by atoms with Crippen LogP contribution in [0, 0.1) is 20.2 Å². The summed E-state index contributed by atoms with van der Waals surface area (Å²) in [6.45, 7) is 0.191. The zero-order chi connectivity index (χ0) is 23.2. The lowest BCUT2D eigenvalue weighted by Gasteiger charge is -2.12. The molecule has 0 aliphatic heterocycles. The van der Waals surface area contributed by atoms with E-state index in [4.69, 9.17) is 4.74 Å². The third-order valence-electron chi connectivity index (χ3n) is 4.82. The van der Waals surface area contributed by atoms with Gasteiger partial charge in [0.25, 0.3) is 5.69 Å². The summed E-state index contributed by atoms with van der Waals surface area (Å²) in [6.07, 6.45) is 2.95. The molecule has 164 valence electrons. The number of non-ortho nitro benzene ring substituents is 1. The number of benzene rings is 3. The first-order valence-electron chi connectivity index (χ1n) is 9.79. The molecule has 0 spiro atoms. The first-order valence-corrected chi connectivity index (χ1v) is 9.79. The molecule has 10 heteroatoms. The molecule has 1 heterocycles. The highest BCUT2D eigenvalue weighted by molar-refractivity contribution is 6.02. The number of aromatic nitrogens is 1. The predicted molar refractivity (Wildman–Crippen MR) is 123 cm³/mol. The number of anilines is 1. The van der Waals surface area contributed by atoms with Crippen molar-refractivity contribution in [2.24, 2.45) is 5.10 Å². The van der Waals surface area contributed by atoms with Crippen molar-refractivity contribution < 1.29 is 14.6 Å². The van der Waals surface area contributed by atoms with Gasteiger partial charge in [0, 0.05) is 30.0 Å². The average Bonchev–Trinajstić information content (AvgIpc) is 2.83. The Hall–Kier alpha value is -4.86.